The molecule has 0 radical (unpaired) electrons. The molecule has 0 bridgehead atoms. The molecule has 3 N–H and O–H groups in total. The third-order valence-electron chi connectivity index (χ3n) is 2.33. The number of hydrogen-bond donors (Lipinski definition) is 3. The molecule has 0 spiro atoms. The molecule has 0 aliphatic carbocycles. The topological polar surface area (TPSA) is 90.1 Å². The summed E-state index contributed by atoms with van der Waals surface area (Å²) in [6.07, 6.45) is -1.01. The van der Waals surface area contributed by atoms with Crippen LogP contribution in [0.2, 0.25) is 0 Å². The molecule has 0 aliphatic heterocycles. The summed E-state index contributed by atoms with van der Waals surface area (Å²) in [6, 6.07) is 6.72. The molecule has 18 heavy (non-hydrogen) atoms. The van der Waals surface area contributed by atoms with E-state index in [1.165, 1.54) is 13.1 Å². The van der Waals surface area contributed by atoms with Crippen molar-refractivity contribution >= 4 is 23.1 Å². The van der Waals surface area contributed by atoms with E-state index in [1.807, 2.05) is 0 Å². The summed E-state index contributed by atoms with van der Waals surface area (Å²) in [7, 11) is 0. The van der Waals surface area contributed by atoms with E-state index in [9.17, 15) is 15.0 Å². The molecule has 5 nitrogen and oxygen atoms in total. The van der Waals surface area contributed by atoms with Gasteiger partial charge in [-0.3, -0.25) is 4.79 Å². The molecular formula is C12H15NO4S. The SMILES string of the molecule is CC(=O)SCC(O)C(O)c1ccccc1C=NO. The number of thioether (sulfide) groups is 1. The fourth-order valence-electron chi connectivity index (χ4n) is 1.46. The van der Waals surface area contributed by atoms with Gasteiger partial charge in [0, 0.05) is 18.2 Å². The van der Waals surface area contributed by atoms with Crippen LogP contribution < -0.4 is 0 Å². The summed E-state index contributed by atoms with van der Waals surface area (Å²) in [4.78, 5) is 10.8. The molecule has 2 atom stereocenters. The molecule has 1 aromatic carbocycles. The van der Waals surface area contributed by atoms with Crippen molar-refractivity contribution in [2.24, 2.45) is 5.16 Å². The van der Waals surface area contributed by atoms with Crippen LogP contribution in [0.5, 0.6) is 0 Å². The van der Waals surface area contributed by atoms with Crippen molar-refractivity contribution in [2.75, 3.05) is 5.75 Å². The van der Waals surface area contributed by atoms with E-state index < -0.39 is 12.2 Å². The maximum absolute atomic E-state index is 10.8. The zero-order chi connectivity index (χ0) is 13.5. The molecule has 0 saturated carbocycles. The summed E-state index contributed by atoms with van der Waals surface area (Å²) >= 11 is 0.950. The van der Waals surface area contributed by atoms with E-state index in [1.54, 1.807) is 24.3 Å². The molecule has 0 heterocycles. The highest BCUT2D eigenvalue weighted by Gasteiger charge is 2.21. The van der Waals surface area contributed by atoms with Crippen molar-refractivity contribution in [3.8, 4) is 0 Å². The second-order valence-corrected chi connectivity index (χ2v) is 4.89. The minimum absolute atomic E-state index is 0.112. The van der Waals surface area contributed by atoms with Gasteiger partial charge in [-0.2, -0.15) is 0 Å². The highest BCUT2D eigenvalue weighted by Crippen LogP contribution is 2.22. The zero-order valence-corrected chi connectivity index (χ0v) is 10.7. The molecule has 6 heteroatoms. The first-order valence-electron chi connectivity index (χ1n) is 5.32. The normalized spacial score (nSPS) is 14.6. The lowest BCUT2D eigenvalue weighted by molar-refractivity contribution is -0.109. The van der Waals surface area contributed by atoms with Gasteiger partial charge in [0.15, 0.2) is 5.12 Å². The Kier molecular flexibility index (Phi) is 5.84. The van der Waals surface area contributed by atoms with Gasteiger partial charge in [-0.25, -0.2) is 0 Å². The third-order valence-corrected chi connectivity index (χ3v) is 3.25. The molecule has 0 aromatic heterocycles. The fourth-order valence-corrected chi connectivity index (χ4v) is 2.05. The summed E-state index contributed by atoms with van der Waals surface area (Å²) in [5.74, 6) is 0.112. The van der Waals surface area contributed by atoms with Crippen LogP contribution in [0.4, 0.5) is 0 Å². The number of carbonyl (C=O) groups excluding carboxylic acids is 1. The van der Waals surface area contributed by atoms with E-state index in [0.29, 0.717) is 11.1 Å². The number of oxime groups is 1. The van der Waals surface area contributed by atoms with E-state index in [0.717, 1.165) is 11.8 Å². The Morgan fingerprint density at radius 3 is 2.72 bits per heavy atom. The first-order valence-corrected chi connectivity index (χ1v) is 6.30. The van der Waals surface area contributed by atoms with Crippen LogP contribution in [-0.2, 0) is 4.79 Å². The first kappa shape index (κ1) is 14.7. The van der Waals surface area contributed by atoms with Crippen LogP contribution in [0.1, 0.15) is 24.2 Å². The van der Waals surface area contributed by atoms with Crippen LogP contribution in [-0.4, -0.2) is 38.6 Å². The van der Waals surface area contributed by atoms with Crippen LogP contribution in [0.3, 0.4) is 0 Å². The Bertz CT molecular complexity index is 436. The second kappa shape index (κ2) is 7.15. The Balaban J connectivity index is 2.82. The summed E-state index contributed by atoms with van der Waals surface area (Å²) < 4.78 is 0. The second-order valence-electron chi connectivity index (χ2n) is 3.69. The summed E-state index contributed by atoms with van der Waals surface area (Å²) in [6.45, 7) is 1.40. The lowest BCUT2D eigenvalue weighted by Gasteiger charge is -2.18. The Morgan fingerprint density at radius 2 is 2.11 bits per heavy atom. The molecule has 0 aliphatic rings. The van der Waals surface area contributed by atoms with Gasteiger partial charge < -0.3 is 15.4 Å². The molecule has 1 aromatic rings. The molecule has 0 amide bonds. The maximum atomic E-state index is 10.8. The van der Waals surface area contributed by atoms with Gasteiger partial charge in [-0.05, 0) is 5.56 Å². The highest BCUT2D eigenvalue weighted by atomic mass is 32.2. The molecule has 98 valence electrons. The summed E-state index contributed by atoms with van der Waals surface area (Å²) in [5, 5.41) is 31.1. The first-order chi connectivity index (χ1) is 8.56. The van der Waals surface area contributed by atoms with Crippen LogP contribution in [0, 0.1) is 0 Å². The zero-order valence-electron chi connectivity index (χ0n) is 9.85. The van der Waals surface area contributed by atoms with Gasteiger partial charge in [-0.15, -0.1) is 0 Å². The average Bonchev–Trinajstić information content (AvgIpc) is 2.36. The fraction of sp³-hybridized carbons (Fsp3) is 0.333. The predicted octanol–water partition coefficient (Wildman–Crippen LogP) is 1.17. The third kappa shape index (κ3) is 4.14. The molecule has 1 rings (SSSR count). The van der Waals surface area contributed by atoms with Crippen LogP contribution in [0.15, 0.2) is 29.4 Å². The Hall–Kier alpha value is -1.37. The van der Waals surface area contributed by atoms with Crippen molar-refractivity contribution < 1.29 is 20.2 Å². The van der Waals surface area contributed by atoms with Crippen molar-refractivity contribution in [1.29, 1.82) is 0 Å². The quantitative estimate of drug-likeness (QED) is 0.424. The number of carbonyl (C=O) groups is 1. The molecule has 0 saturated heterocycles. The Morgan fingerprint density at radius 1 is 1.44 bits per heavy atom. The molecular weight excluding hydrogens is 254 g/mol. The highest BCUT2D eigenvalue weighted by molar-refractivity contribution is 8.13. The smallest absolute Gasteiger partial charge is 0.185 e. The summed E-state index contributed by atoms with van der Waals surface area (Å²) in [5.41, 5.74) is 0.964. The average molecular weight is 269 g/mol. The van der Waals surface area contributed by atoms with Gasteiger partial charge in [0.25, 0.3) is 0 Å². The van der Waals surface area contributed by atoms with Crippen LogP contribution in [0.25, 0.3) is 0 Å². The number of aliphatic hydroxyl groups is 2. The van der Waals surface area contributed by atoms with Crippen molar-refractivity contribution in [1.82, 2.24) is 0 Å². The van der Waals surface area contributed by atoms with E-state index in [-0.39, 0.29) is 10.9 Å². The number of benzene rings is 1. The van der Waals surface area contributed by atoms with Crippen molar-refractivity contribution in [2.45, 2.75) is 19.1 Å². The minimum atomic E-state index is -1.13. The molecule has 2 unspecified atom stereocenters. The van der Waals surface area contributed by atoms with Gasteiger partial charge in [0.2, 0.25) is 0 Å². The van der Waals surface area contributed by atoms with E-state index in [4.69, 9.17) is 5.21 Å². The predicted molar refractivity (Wildman–Crippen MR) is 69.9 cm³/mol. The lowest BCUT2D eigenvalue weighted by Crippen LogP contribution is -2.22. The van der Waals surface area contributed by atoms with Crippen LogP contribution >= 0.6 is 11.8 Å². The van der Waals surface area contributed by atoms with E-state index >= 15 is 0 Å². The lowest BCUT2D eigenvalue weighted by atomic mass is 10.00. The molecule has 0 fully saturated rings. The number of rotatable bonds is 5. The monoisotopic (exact) mass is 269 g/mol. The standard InChI is InChI=1S/C12H15NO4S/c1-8(14)18-7-11(15)12(16)10-5-3-2-4-9(10)6-13-17/h2-6,11-12,15-17H,7H2,1H3. The number of aliphatic hydroxyl groups excluding tert-OH is 2. The van der Waals surface area contributed by atoms with Gasteiger partial charge in [0.1, 0.15) is 6.10 Å². The van der Waals surface area contributed by atoms with Crippen molar-refractivity contribution in [3.63, 3.8) is 0 Å². The van der Waals surface area contributed by atoms with Gasteiger partial charge in [-0.1, -0.05) is 41.2 Å². The number of nitrogens with zero attached hydrogens (tertiary/aromatic N) is 1. The van der Waals surface area contributed by atoms with Gasteiger partial charge >= 0.3 is 0 Å². The maximum Gasteiger partial charge on any atom is 0.185 e. The largest absolute Gasteiger partial charge is 0.411 e. The minimum Gasteiger partial charge on any atom is -0.411 e. The Labute approximate surface area is 109 Å². The van der Waals surface area contributed by atoms with E-state index in [2.05, 4.69) is 5.16 Å². The van der Waals surface area contributed by atoms with Crippen molar-refractivity contribution in [3.05, 3.63) is 35.4 Å². The number of hydrogen-bond acceptors (Lipinski definition) is 6. The van der Waals surface area contributed by atoms with Gasteiger partial charge in [0.05, 0.1) is 12.3 Å².